The summed E-state index contributed by atoms with van der Waals surface area (Å²) in [6.45, 7) is 0. The Hall–Kier alpha value is -0.900. The first kappa shape index (κ1) is 6.22. The molecular formula is C5H7NO3. The van der Waals surface area contributed by atoms with Gasteiger partial charge in [-0.25, -0.2) is 4.79 Å². The third-order valence-corrected chi connectivity index (χ3v) is 1.18. The molecule has 0 aliphatic carbocycles. The van der Waals surface area contributed by atoms with Crippen molar-refractivity contribution in [2.75, 3.05) is 0 Å². The second-order valence-electron chi connectivity index (χ2n) is 1.94. The fraction of sp³-hybridized carbons (Fsp3) is 0.600. The predicted molar refractivity (Wildman–Crippen MR) is 28.3 cm³/mol. The lowest BCUT2D eigenvalue weighted by Gasteiger charge is -2.14. The molecule has 0 amide bonds. The average Bonchev–Trinajstić information content (AvgIpc) is 1.80. The van der Waals surface area contributed by atoms with Gasteiger partial charge in [-0.3, -0.25) is 4.79 Å². The molecular weight excluding hydrogens is 122 g/mol. The van der Waals surface area contributed by atoms with Crippen LogP contribution in [-0.2, 0) is 14.3 Å². The number of hydrogen-bond donors (Lipinski definition) is 1. The van der Waals surface area contributed by atoms with Gasteiger partial charge in [-0.05, 0) is 6.42 Å². The highest BCUT2D eigenvalue weighted by Crippen LogP contribution is 2.05. The number of cyclic esters (lactones) is 2. The van der Waals surface area contributed by atoms with Gasteiger partial charge in [0.25, 0.3) is 0 Å². The van der Waals surface area contributed by atoms with Crippen molar-refractivity contribution >= 4 is 11.9 Å². The second kappa shape index (κ2) is 2.14. The number of carbonyl (C=O) groups is 2. The summed E-state index contributed by atoms with van der Waals surface area (Å²) in [5.41, 5.74) is 5.21. The van der Waals surface area contributed by atoms with Gasteiger partial charge in [0, 0.05) is 6.42 Å². The highest BCUT2D eigenvalue weighted by molar-refractivity contribution is 5.91. The maximum Gasteiger partial charge on any atom is 0.330 e. The largest absolute Gasteiger partial charge is 0.392 e. The maximum absolute atomic E-state index is 10.4. The number of esters is 2. The van der Waals surface area contributed by atoms with E-state index in [1.807, 2.05) is 0 Å². The topological polar surface area (TPSA) is 69.4 Å². The van der Waals surface area contributed by atoms with E-state index in [0.717, 1.165) is 0 Å². The zero-order valence-corrected chi connectivity index (χ0v) is 4.79. The molecule has 1 saturated heterocycles. The van der Waals surface area contributed by atoms with Crippen molar-refractivity contribution < 1.29 is 14.3 Å². The third-order valence-electron chi connectivity index (χ3n) is 1.18. The number of rotatable bonds is 0. The van der Waals surface area contributed by atoms with Crippen LogP contribution in [0.3, 0.4) is 0 Å². The minimum absolute atomic E-state index is 0.257. The van der Waals surface area contributed by atoms with E-state index >= 15 is 0 Å². The van der Waals surface area contributed by atoms with Crippen LogP contribution in [0.2, 0.25) is 0 Å². The molecule has 0 bridgehead atoms. The smallest absolute Gasteiger partial charge is 0.330 e. The maximum atomic E-state index is 10.4. The molecule has 0 saturated carbocycles. The van der Waals surface area contributed by atoms with E-state index in [4.69, 9.17) is 5.73 Å². The van der Waals surface area contributed by atoms with E-state index in [0.29, 0.717) is 6.42 Å². The lowest BCUT2D eigenvalue weighted by molar-refractivity contribution is -0.164. The van der Waals surface area contributed by atoms with Gasteiger partial charge in [0.1, 0.15) is 6.04 Å². The summed E-state index contributed by atoms with van der Waals surface area (Å²) in [5.74, 6) is -1.08. The van der Waals surface area contributed by atoms with Gasteiger partial charge in [0.15, 0.2) is 0 Å². The number of ether oxygens (including phenoxy) is 1. The molecule has 4 nitrogen and oxygen atoms in total. The molecule has 1 aliphatic rings. The van der Waals surface area contributed by atoms with Gasteiger partial charge in [-0.15, -0.1) is 0 Å². The van der Waals surface area contributed by atoms with Gasteiger partial charge in [-0.2, -0.15) is 0 Å². The van der Waals surface area contributed by atoms with Gasteiger partial charge in [0.2, 0.25) is 0 Å². The Morgan fingerprint density at radius 1 is 1.56 bits per heavy atom. The molecule has 1 aliphatic heterocycles. The fourth-order valence-electron chi connectivity index (χ4n) is 0.630. The third kappa shape index (κ3) is 1.26. The molecule has 2 N–H and O–H groups in total. The van der Waals surface area contributed by atoms with Crippen molar-refractivity contribution in [2.24, 2.45) is 5.73 Å². The monoisotopic (exact) mass is 129 g/mol. The zero-order valence-electron chi connectivity index (χ0n) is 4.79. The molecule has 4 heteroatoms. The first-order valence-electron chi connectivity index (χ1n) is 2.70. The SMILES string of the molecule is N[C@H]1CCC(=O)OC1=O. The molecule has 0 radical (unpaired) electrons. The van der Waals surface area contributed by atoms with Crippen LogP contribution in [0.4, 0.5) is 0 Å². The van der Waals surface area contributed by atoms with Gasteiger partial charge in [0.05, 0.1) is 0 Å². The Balaban J connectivity index is 2.54. The molecule has 1 fully saturated rings. The van der Waals surface area contributed by atoms with Crippen molar-refractivity contribution in [2.45, 2.75) is 18.9 Å². The Bertz CT molecular complexity index is 154. The van der Waals surface area contributed by atoms with Crippen LogP contribution in [0.5, 0.6) is 0 Å². The van der Waals surface area contributed by atoms with Crippen LogP contribution in [0.1, 0.15) is 12.8 Å². The van der Waals surface area contributed by atoms with Crippen LogP contribution in [-0.4, -0.2) is 18.0 Å². The highest BCUT2D eigenvalue weighted by atomic mass is 16.6. The van der Waals surface area contributed by atoms with Gasteiger partial charge < -0.3 is 10.5 Å². The Morgan fingerprint density at radius 3 is 2.67 bits per heavy atom. The van der Waals surface area contributed by atoms with E-state index in [1.165, 1.54) is 0 Å². The van der Waals surface area contributed by atoms with Crippen LogP contribution in [0.25, 0.3) is 0 Å². The molecule has 0 spiro atoms. The highest BCUT2D eigenvalue weighted by Gasteiger charge is 2.24. The summed E-state index contributed by atoms with van der Waals surface area (Å²) < 4.78 is 4.20. The van der Waals surface area contributed by atoms with Crippen LogP contribution < -0.4 is 5.73 Å². The van der Waals surface area contributed by atoms with E-state index < -0.39 is 18.0 Å². The fourth-order valence-corrected chi connectivity index (χ4v) is 0.630. The Morgan fingerprint density at radius 2 is 2.22 bits per heavy atom. The minimum atomic E-state index is -0.605. The van der Waals surface area contributed by atoms with Crippen molar-refractivity contribution in [1.82, 2.24) is 0 Å². The first-order valence-corrected chi connectivity index (χ1v) is 2.70. The van der Waals surface area contributed by atoms with E-state index in [9.17, 15) is 9.59 Å². The second-order valence-corrected chi connectivity index (χ2v) is 1.94. The van der Waals surface area contributed by atoms with Gasteiger partial charge >= 0.3 is 11.9 Å². The summed E-state index contributed by atoms with van der Waals surface area (Å²) in [7, 11) is 0. The summed E-state index contributed by atoms with van der Waals surface area (Å²) >= 11 is 0. The number of nitrogens with two attached hydrogens (primary N) is 1. The molecule has 0 aromatic carbocycles. The predicted octanol–water partition coefficient (Wildman–Crippen LogP) is -0.823. The van der Waals surface area contributed by atoms with E-state index in [2.05, 4.69) is 4.74 Å². The summed E-state index contributed by atoms with van der Waals surface area (Å²) in [5, 5.41) is 0. The quantitative estimate of drug-likeness (QED) is 0.342. The van der Waals surface area contributed by atoms with Crippen LogP contribution in [0, 0.1) is 0 Å². The Kier molecular flexibility index (Phi) is 1.48. The van der Waals surface area contributed by atoms with Gasteiger partial charge in [-0.1, -0.05) is 0 Å². The normalized spacial score (nSPS) is 27.9. The summed E-state index contributed by atoms with van der Waals surface area (Å²) in [6.07, 6.45) is 0.671. The Labute approximate surface area is 52.0 Å². The zero-order chi connectivity index (χ0) is 6.85. The summed E-state index contributed by atoms with van der Waals surface area (Å²) in [6, 6.07) is -0.595. The number of carbonyl (C=O) groups excluding carboxylic acids is 2. The lowest BCUT2D eigenvalue weighted by Crippen LogP contribution is -2.38. The molecule has 0 unspecified atom stereocenters. The molecule has 1 rings (SSSR count). The molecule has 0 aromatic heterocycles. The molecule has 1 atom stereocenters. The molecule has 1 heterocycles. The first-order chi connectivity index (χ1) is 4.20. The lowest BCUT2D eigenvalue weighted by atomic mass is 10.1. The van der Waals surface area contributed by atoms with Crippen molar-refractivity contribution in [1.29, 1.82) is 0 Å². The molecule has 9 heavy (non-hydrogen) atoms. The van der Waals surface area contributed by atoms with Crippen LogP contribution >= 0.6 is 0 Å². The van der Waals surface area contributed by atoms with Crippen molar-refractivity contribution in [3.05, 3.63) is 0 Å². The molecule has 50 valence electrons. The number of hydrogen-bond acceptors (Lipinski definition) is 4. The standard InChI is InChI=1S/C5H7NO3/c6-3-1-2-4(7)9-5(3)8/h3H,1-2,6H2/t3-/m0/s1. The average molecular weight is 129 g/mol. The van der Waals surface area contributed by atoms with Crippen LogP contribution in [0.15, 0.2) is 0 Å². The van der Waals surface area contributed by atoms with Crippen molar-refractivity contribution in [3.8, 4) is 0 Å². The van der Waals surface area contributed by atoms with Crippen molar-refractivity contribution in [3.63, 3.8) is 0 Å². The van der Waals surface area contributed by atoms with E-state index in [1.54, 1.807) is 0 Å². The minimum Gasteiger partial charge on any atom is -0.392 e. The molecule has 0 aromatic rings. The summed E-state index contributed by atoms with van der Waals surface area (Å²) in [4.78, 5) is 20.8. The van der Waals surface area contributed by atoms with E-state index in [-0.39, 0.29) is 6.42 Å².